The van der Waals surface area contributed by atoms with Crippen LogP contribution in [0.4, 0.5) is 0 Å². The zero-order chi connectivity index (χ0) is 13.1. The first kappa shape index (κ1) is 12.9. The number of ether oxygens (including phenoxy) is 1. The molecule has 18 heavy (non-hydrogen) atoms. The van der Waals surface area contributed by atoms with Crippen LogP contribution < -0.4 is 10.5 Å². The molecule has 0 spiro atoms. The van der Waals surface area contributed by atoms with Crippen molar-refractivity contribution in [2.75, 3.05) is 7.11 Å². The Morgan fingerprint density at radius 3 is 2.78 bits per heavy atom. The number of nitrogens with zero attached hydrogens (tertiary/aromatic N) is 2. The predicted molar refractivity (Wildman–Crippen MR) is 73.9 cm³/mol. The van der Waals surface area contributed by atoms with E-state index in [1.807, 2.05) is 12.1 Å². The SMILES string of the molecule is CCC(N)Cc1nc2cc(OC)ccc2n1CC. The highest BCUT2D eigenvalue weighted by Crippen LogP contribution is 2.22. The van der Waals surface area contributed by atoms with Crippen molar-refractivity contribution in [3.63, 3.8) is 0 Å². The van der Waals surface area contributed by atoms with Gasteiger partial charge in [-0.3, -0.25) is 0 Å². The van der Waals surface area contributed by atoms with E-state index in [1.165, 1.54) is 0 Å². The third kappa shape index (κ3) is 2.34. The Kier molecular flexibility index (Phi) is 3.87. The lowest BCUT2D eigenvalue weighted by Crippen LogP contribution is -2.23. The minimum atomic E-state index is 0.175. The van der Waals surface area contributed by atoms with Crippen LogP contribution in [-0.4, -0.2) is 22.7 Å². The number of hydrogen-bond acceptors (Lipinski definition) is 3. The van der Waals surface area contributed by atoms with Crippen LogP contribution in [0.5, 0.6) is 5.75 Å². The van der Waals surface area contributed by atoms with Crippen LogP contribution >= 0.6 is 0 Å². The minimum absolute atomic E-state index is 0.175. The molecule has 2 aromatic rings. The van der Waals surface area contributed by atoms with Crippen LogP contribution in [0.25, 0.3) is 11.0 Å². The Bertz CT molecular complexity index is 533. The van der Waals surface area contributed by atoms with Crippen molar-refractivity contribution in [3.05, 3.63) is 24.0 Å². The van der Waals surface area contributed by atoms with Gasteiger partial charge in [0, 0.05) is 25.1 Å². The molecule has 0 aliphatic heterocycles. The number of nitrogens with two attached hydrogens (primary N) is 1. The van der Waals surface area contributed by atoms with Crippen LogP contribution in [0.15, 0.2) is 18.2 Å². The third-order valence-electron chi connectivity index (χ3n) is 3.32. The number of fused-ring (bicyclic) bond motifs is 1. The van der Waals surface area contributed by atoms with E-state index in [0.717, 1.165) is 42.0 Å². The van der Waals surface area contributed by atoms with E-state index in [9.17, 15) is 0 Å². The number of aryl methyl sites for hydroxylation is 1. The molecule has 2 N–H and O–H groups in total. The van der Waals surface area contributed by atoms with Crippen LogP contribution in [0, 0.1) is 0 Å². The summed E-state index contributed by atoms with van der Waals surface area (Å²) >= 11 is 0. The molecule has 0 aliphatic carbocycles. The van der Waals surface area contributed by atoms with Crippen molar-refractivity contribution in [1.82, 2.24) is 9.55 Å². The van der Waals surface area contributed by atoms with Crippen LogP contribution in [0.3, 0.4) is 0 Å². The Morgan fingerprint density at radius 1 is 1.39 bits per heavy atom. The van der Waals surface area contributed by atoms with E-state index in [1.54, 1.807) is 7.11 Å². The maximum Gasteiger partial charge on any atom is 0.121 e. The van der Waals surface area contributed by atoms with E-state index in [2.05, 4.69) is 29.5 Å². The largest absolute Gasteiger partial charge is 0.497 e. The van der Waals surface area contributed by atoms with Gasteiger partial charge in [0.25, 0.3) is 0 Å². The van der Waals surface area contributed by atoms with E-state index < -0.39 is 0 Å². The lowest BCUT2D eigenvalue weighted by atomic mass is 10.1. The van der Waals surface area contributed by atoms with Gasteiger partial charge >= 0.3 is 0 Å². The molecule has 0 aliphatic rings. The Hall–Kier alpha value is -1.55. The van der Waals surface area contributed by atoms with E-state index in [-0.39, 0.29) is 6.04 Å². The van der Waals surface area contributed by atoms with Gasteiger partial charge in [-0.2, -0.15) is 0 Å². The summed E-state index contributed by atoms with van der Waals surface area (Å²) in [6.07, 6.45) is 1.79. The monoisotopic (exact) mass is 247 g/mol. The fraction of sp³-hybridized carbons (Fsp3) is 0.500. The van der Waals surface area contributed by atoms with Gasteiger partial charge < -0.3 is 15.0 Å². The first-order chi connectivity index (χ1) is 8.69. The molecule has 1 heterocycles. The maximum atomic E-state index is 6.03. The molecule has 1 unspecified atom stereocenters. The lowest BCUT2D eigenvalue weighted by molar-refractivity contribution is 0.415. The quantitative estimate of drug-likeness (QED) is 0.882. The topological polar surface area (TPSA) is 53.1 Å². The number of hydrogen-bond donors (Lipinski definition) is 1. The van der Waals surface area contributed by atoms with Crippen LogP contribution in [-0.2, 0) is 13.0 Å². The smallest absolute Gasteiger partial charge is 0.121 e. The zero-order valence-electron chi connectivity index (χ0n) is 11.3. The molecule has 2 rings (SSSR count). The summed E-state index contributed by atoms with van der Waals surface area (Å²) in [7, 11) is 1.67. The second kappa shape index (κ2) is 5.40. The molecule has 0 amide bonds. The summed E-state index contributed by atoms with van der Waals surface area (Å²) in [5, 5.41) is 0. The standard InChI is InChI=1S/C14H21N3O/c1-4-10(15)8-14-16-12-9-11(18-3)6-7-13(12)17(14)5-2/h6-7,9-10H,4-5,8,15H2,1-3H3. The first-order valence-corrected chi connectivity index (χ1v) is 6.48. The molecule has 1 atom stereocenters. The average molecular weight is 247 g/mol. The number of benzene rings is 1. The second-order valence-electron chi connectivity index (χ2n) is 4.50. The first-order valence-electron chi connectivity index (χ1n) is 6.48. The minimum Gasteiger partial charge on any atom is -0.497 e. The summed E-state index contributed by atoms with van der Waals surface area (Å²) in [5.74, 6) is 1.91. The fourth-order valence-electron chi connectivity index (χ4n) is 2.17. The number of rotatable bonds is 5. The van der Waals surface area contributed by atoms with Crippen molar-refractivity contribution >= 4 is 11.0 Å². The fourth-order valence-corrected chi connectivity index (χ4v) is 2.17. The average Bonchev–Trinajstić information content (AvgIpc) is 2.74. The van der Waals surface area contributed by atoms with Gasteiger partial charge in [0.15, 0.2) is 0 Å². The molecule has 0 radical (unpaired) electrons. The lowest BCUT2D eigenvalue weighted by Gasteiger charge is -2.10. The maximum absolute atomic E-state index is 6.03. The van der Waals surface area contributed by atoms with Gasteiger partial charge in [-0.15, -0.1) is 0 Å². The normalized spacial score (nSPS) is 12.9. The molecular weight excluding hydrogens is 226 g/mol. The van der Waals surface area contributed by atoms with Gasteiger partial charge in [0.05, 0.1) is 18.1 Å². The summed E-state index contributed by atoms with van der Waals surface area (Å²) in [5.41, 5.74) is 8.16. The molecule has 0 bridgehead atoms. The molecule has 4 nitrogen and oxygen atoms in total. The van der Waals surface area contributed by atoms with Gasteiger partial charge in [0.2, 0.25) is 0 Å². The number of aromatic nitrogens is 2. The molecule has 98 valence electrons. The van der Waals surface area contributed by atoms with Crippen molar-refractivity contribution in [2.24, 2.45) is 5.73 Å². The van der Waals surface area contributed by atoms with E-state index in [0.29, 0.717) is 0 Å². The molecule has 0 saturated heterocycles. The van der Waals surface area contributed by atoms with Crippen molar-refractivity contribution < 1.29 is 4.74 Å². The molecule has 4 heteroatoms. The molecular formula is C14H21N3O. The number of methoxy groups -OCH3 is 1. The van der Waals surface area contributed by atoms with Crippen molar-refractivity contribution in [1.29, 1.82) is 0 Å². The van der Waals surface area contributed by atoms with E-state index in [4.69, 9.17) is 10.5 Å². The summed E-state index contributed by atoms with van der Waals surface area (Å²) in [6, 6.07) is 6.18. The van der Waals surface area contributed by atoms with Crippen LogP contribution in [0.2, 0.25) is 0 Å². The Labute approximate surface area is 108 Å². The summed E-state index contributed by atoms with van der Waals surface area (Å²) in [4.78, 5) is 4.68. The highest BCUT2D eigenvalue weighted by atomic mass is 16.5. The Morgan fingerprint density at radius 2 is 2.17 bits per heavy atom. The highest BCUT2D eigenvalue weighted by molar-refractivity contribution is 5.77. The van der Waals surface area contributed by atoms with Gasteiger partial charge in [-0.05, 0) is 25.5 Å². The molecule has 0 fully saturated rings. The van der Waals surface area contributed by atoms with Gasteiger partial charge in [-0.25, -0.2) is 4.98 Å². The predicted octanol–water partition coefficient (Wildman–Crippen LogP) is 2.34. The van der Waals surface area contributed by atoms with Crippen molar-refractivity contribution in [3.8, 4) is 5.75 Å². The molecule has 1 aromatic heterocycles. The Balaban J connectivity index is 2.46. The summed E-state index contributed by atoms with van der Waals surface area (Å²) < 4.78 is 7.46. The molecule has 0 saturated carbocycles. The zero-order valence-corrected chi connectivity index (χ0v) is 11.3. The molecule has 1 aromatic carbocycles. The van der Waals surface area contributed by atoms with Gasteiger partial charge in [-0.1, -0.05) is 6.92 Å². The number of imidazole rings is 1. The van der Waals surface area contributed by atoms with Crippen molar-refractivity contribution in [2.45, 2.75) is 39.3 Å². The van der Waals surface area contributed by atoms with Gasteiger partial charge in [0.1, 0.15) is 11.6 Å². The third-order valence-corrected chi connectivity index (χ3v) is 3.32. The second-order valence-corrected chi connectivity index (χ2v) is 4.50. The van der Waals surface area contributed by atoms with Crippen LogP contribution in [0.1, 0.15) is 26.1 Å². The van der Waals surface area contributed by atoms with E-state index >= 15 is 0 Å². The highest BCUT2D eigenvalue weighted by Gasteiger charge is 2.12. The summed E-state index contributed by atoms with van der Waals surface area (Å²) in [6.45, 7) is 5.15.